The highest BCUT2D eigenvalue weighted by Crippen LogP contribution is 2.36. The molecule has 1 atom stereocenters. The van der Waals surface area contributed by atoms with E-state index in [4.69, 9.17) is 5.11 Å². The van der Waals surface area contributed by atoms with Crippen molar-refractivity contribution in [3.63, 3.8) is 0 Å². The number of carbonyl (C=O) groups is 1. The Labute approximate surface area is 184 Å². The van der Waals surface area contributed by atoms with Crippen molar-refractivity contribution >= 4 is 14.0 Å². The van der Waals surface area contributed by atoms with Crippen LogP contribution in [0.25, 0.3) is 0 Å². The highest BCUT2D eigenvalue weighted by atomic mass is 28.3. The van der Waals surface area contributed by atoms with Crippen LogP contribution in [0.5, 0.6) is 0 Å². The van der Waals surface area contributed by atoms with E-state index >= 15 is 0 Å². The van der Waals surface area contributed by atoms with Crippen LogP contribution in [0.15, 0.2) is 0 Å². The molecule has 0 spiro atoms. The van der Waals surface area contributed by atoms with Gasteiger partial charge in [-0.3, -0.25) is 4.79 Å². The molecule has 0 radical (unpaired) electrons. The van der Waals surface area contributed by atoms with Crippen molar-refractivity contribution in [2.45, 2.75) is 161 Å². The highest BCUT2D eigenvalue weighted by Gasteiger charge is 2.30. The predicted octanol–water partition coefficient (Wildman–Crippen LogP) is 9.60. The van der Waals surface area contributed by atoms with E-state index in [1.165, 1.54) is 103 Å². The fourth-order valence-corrected chi connectivity index (χ4v) is 6.96. The molecule has 1 rings (SSSR count). The smallest absolute Gasteiger partial charge is 0.303 e. The average Bonchev–Trinajstić information content (AvgIpc) is 2.67. The summed E-state index contributed by atoms with van der Waals surface area (Å²) in [5.41, 5.74) is 1.09. The van der Waals surface area contributed by atoms with E-state index in [1.807, 2.05) is 0 Å². The summed E-state index contributed by atoms with van der Waals surface area (Å²) in [6, 6.07) is 1.58. The fraction of sp³-hybridized carbons (Fsp3) is 0.962. The number of hydrogen-bond donors (Lipinski definition) is 1. The molecule has 0 amide bonds. The zero-order valence-corrected chi connectivity index (χ0v) is 21.6. The Morgan fingerprint density at radius 2 is 1.17 bits per heavy atom. The molecule has 0 aromatic heterocycles. The summed E-state index contributed by atoms with van der Waals surface area (Å²) >= 11 is 0. The van der Waals surface area contributed by atoms with E-state index in [9.17, 15) is 4.79 Å². The van der Waals surface area contributed by atoms with Gasteiger partial charge in [0.25, 0.3) is 0 Å². The van der Waals surface area contributed by atoms with Gasteiger partial charge in [0.05, 0.1) is 8.07 Å². The number of carboxylic acid groups (broad SMARTS) is 1. The van der Waals surface area contributed by atoms with Gasteiger partial charge in [-0.05, 0) is 12.0 Å². The molecule has 0 bridgehead atoms. The Kier molecular flexibility index (Phi) is 19.4. The molecule has 2 nitrogen and oxygen atoms in total. The summed E-state index contributed by atoms with van der Waals surface area (Å²) in [5, 5.41) is 8.52. The van der Waals surface area contributed by atoms with Gasteiger partial charge in [0.1, 0.15) is 0 Å². The predicted molar refractivity (Wildman–Crippen MR) is 133 cm³/mol. The van der Waals surface area contributed by atoms with Crippen molar-refractivity contribution in [1.82, 2.24) is 0 Å². The normalized spacial score (nSPS) is 18.1. The van der Waals surface area contributed by atoms with Gasteiger partial charge in [-0.25, -0.2) is 0 Å². The lowest BCUT2D eigenvalue weighted by Gasteiger charge is -2.34. The molecule has 1 fully saturated rings. The third-order valence-corrected chi connectivity index (χ3v) is 11.6. The molecule has 0 aromatic rings. The van der Waals surface area contributed by atoms with Crippen LogP contribution in [0.3, 0.4) is 0 Å². The average molecular weight is 427 g/mol. The molecule has 174 valence electrons. The lowest BCUT2D eigenvalue weighted by atomic mass is 10.0. The maximum Gasteiger partial charge on any atom is 0.303 e. The Hall–Kier alpha value is -0.313. The van der Waals surface area contributed by atoms with Gasteiger partial charge >= 0.3 is 5.97 Å². The summed E-state index contributed by atoms with van der Waals surface area (Å²) in [7, 11) is -0.694. The lowest BCUT2D eigenvalue weighted by molar-refractivity contribution is -0.137. The van der Waals surface area contributed by atoms with E-state index in [1.54, 1.807) is 6.04 Å². The largest absolute Gasteiger partial charge is 0.481 e. The number of rotatable bonds is 16. The van der Waals surface area contributed by atoms with Gasteiger partial charge in [0, 0.05) is 6.42 Å². The van der Waals surface area contributed by atoms with Crippen molar-refractivity contribution in [2.24, 2.45) is 0 Å². The molecular weight excluding hydrogens is 372 g/mol. The van der Waals surface area contributed by atoms with Gasteiger partial charge in [-0.1, -0.05) is 142 Å². The fourth-order valence-electron chi connectivity index (χ4n) is 4.32. The minimum absolute atomic E-state index is 0.345. The number of unbranched alkanes of at least 4 members (excludes halogenated alkanes) is 14. The highest BCUT2D eigenvalue weighted by molar-refractivity contribution is 6.78. The first-order chi connectivity index (χ1) is 13.9. The first kappa shape index (κ1) is 28.7. The number of hydrogen-bond acceptors (Lipinski definition) is 1. The second-order valence-corrected chi connectivity index (χ2v) is 15.7. The molecular formula is C26H54O2Si. The number of carboxylic acids is 1. The van der Waals surface area contributed by atoms with Gasteiger partial charge in [0.15, 0.2) is 0 Å². The molecule has 0 aliphatic carbocycles. The van der Waals surface area contributed by atoms with E-state index in [2.05, 4.69) is 26.9 Å². The molecule has 1 heterocycles. The molecule has 1 aliphatic rings. The Bertz CT molecular complexity index is 368. The maximum absolute atomic E-state index is 10.3. The quantitative estimate of drug-likeness (QED) is 0.197. The molecule has 3 heteroatoms. The molecule has 1 saturated heterocycles. The molecule has 1 unspecified atom stereocenters. The van der Waals surface area contributed by atoms with Crippen LogP contribution >= 0.6 is 0 Å². The van der Waals surface area contributed by atoms with Gasteiger partial charge < -0.3 is 5.11 Å². The molecule has 0 saturated carbocycles. The third kappa shape index (κ3) is 19.4. The molecule has 1 aliphatic heterocycles. The third-order valence-electron chi connectivity index (χ3n) is 7.04. The van der Waals surface area contributed by atoms with Crippen molar-refractivity contribution in [2.75, 3.05) is 0 Å². The molecule has 1 N–H and O–H groups in total. The topological polar surface area (TPSA) is 37.3 Å². The zero-order chi connectivity index (χ0) is 21.8. The Balaban J connectivity index is 0.000000717. The first-order valence-corrected chi connectivity index (χ1v) is 16.4. The Morgan fingerprint density at radius 1 is 0.759 bits per heavy atom. The summed E-state index contributed by atoms with van der Waals surface area (Å²) in [4.78, 5) is 10.3. The van der Waals surface area contributed by atoms with Crippen LogP contribution in [-0.2, 0) is 4.79 Å². The van der Waals surface area contributed by atoms with Crippen molar-refractivity contribution in [3.05, 3.63) is 0 Å². The van der Waals surface area contributed by atoms with Crippen LogP contribution in [0.4, 0.5) is 0 Å². The summed E-state index contributed by atoms with van der Waals surface area (Å²) in [6.45, 7) is 9.80. The van der Waals surface area contributed by atoms with Crippen molar-refractivity contribution in [1.29, 1.82) is 0 Å². The van der Waals surface area contributed by atoms with E-state index < -0.39 is 14.0 Å². The van der Waals surface area contributed by atoms with Gasteiger partial charge in [0.2, 0.25) is 0 Å². The summed E-state index contributed by atoms with van der Waals surface area (Å²) in [6.07, 6.45) is 24.7. The standard InChI is InChI=1S/C18H36O2.C8H18Si/c1-2-3-4-5-6-7-8-9-10-11-12-13-14-15-16-17-18(19)20;1-8-6-4-5-7-9(8,2)3/h2-17H2,1H3,(H,19,20);8H,4-7H2,1-3H3. The second kappa shape index (κ2) is 19.6. The first-order valence-electron chi connectivity index (χ1n) is 13.1. The van der Waals surface area contributed by atoms with Gasteiger partial charge in [-0.15, -0.1) is 0 Å². The van der Waals surface area contributed by atoms with Crippen LogP contribution in [0.2, 0.25) is 24.7 Å². The minimum Gasteiger partial charge on any atom is -0.481 e. The SMILES string of the molecule is CC1CCCC[Si]1(C)C.CCCCCCCCCCCCCCCCCC(=O)O. The maximum atomic E-state index is 10.3. The zero-order valence-electron chi connectivity index (χ0n) is 20.6. The second-order valence-electron chi connectivity index (χ2n) is 10.2. The van der Waals surface area contributed by atoms with Crippen molar-refractivity contribution < 1.29 is 9.90 Å². The summed E-state index contributed by atoms with van der Waals surface area (Å²) in [5.74, 6) is -0.653. The van der Waals surface area contributed by atoms with Crippen LogP contribution < -0.4 is 0 Å². The lowest BCUT2D eigenvalue weighted by Crippen LogP contribution is -2.33. The number of aliphatic carboxylic acids is 1. The Morgan fingerprint density at radius 3 is 1.48 bits per heavy atom. The summed E-state index contributed by atoms with van der Waals surface area (Å²) < 4.78 is 0. The minimum atomic E-state index is -0.694. The van der Waals surface area contributed by atoms with Crippen molar-refractivity contribution in [3.8, 4) is 0 Å². The molecule has 0 aromatic carbocycles. The van der Waals surface area contributed by atoms with Crippen LogP contribution in [0, 0.1) is 0 Å². The van der Waals surface area contributed by atoms with E-state index in [0.29, 0.717) is 6.42 Å². The van der Waals surface area contributed by atoms with E-state index in [0.717, 1.165) is 18.4 Å². The van der Waals surface area contributed by atoms with Crippen LogP contribution in [-0.4, -0.2) is 19.1 Å². The van der Waals surface area contributed by atoms with E-state index in [-0.39, 0.29) is 0 Å². The van der Waals surface area contributed by atoms with Crippen LogP contribution in [0.1, 0.15) is 136 Å². The monoisotopic (exact) mass is 426 g/mol. The van der Waals surface area contributed by atoms with Gasteiger partial charge in [-0.2, -0.15) is 0 Å². The molecule has 29 heavy (non-hydrogen) atoms.